The fraction of sp³-hybridized carbons (Fsp3) is 0.350. The molecule has 0 aliphatic rings. The Morgan fingerprint density at radius 3 is 2.75 bits per heavy atom. The van der Waals surface area contributed by atoms with E-state index in [2.05, 4.69) is 12.2 Å². The predicted molar refractivity (Wildman–Crippen MR) is 99.4 cm³/mol. The molecule has 0 fully saturated rings. The average molecular weight is 326 g/mol. The van der Waals surface area contributed by atoms with Gasteiger partial charge in [0.2, 0.25) is 5.91 Å². The van der Waals surface area contributed by atoms with E-state index < -0.39 is 0 Å². The maximum atomic E-state index is 12.1. The Kier molecular flexibility index (Phi) is 6.67. The average Bonchev–Trinajstić information content (AvgIpc) is 2.55. The van der Waals surface area contributed by atoms with Crippen LogP contribution in [0.15, 0.2) is 42.5 Å². The summed E-state index contributed by atoms with van der Waals surface area (Å²) in [7, 11) is 0. The molecular formula is C20H26N2O2. The van der Waals surface area contributed by atoms with Crippen molar-refractivity contribution >= 4 is 17.3 Å². The van der Waals surface area contributed by atoms with Crippen LogP contribution in [0.1, 0.15) is 37.3 Å². The third kappa shape index (κ3) is 5.61. The molecule has 0 heterocycles. The number of nitrogen functional groups attached to an aromatic ring is 1. The number of nitrogens with two attached hydrogens (primary N) is 1. The summed E-state index contributed by atoms with van der Waals surface area (Å²) in [6.45, 7) is 4.80. The lowest BCUT2D eigenvalue weighted by atomic mass is 10.1. The van der Waals surface area contributed by atoms with Crippen LogP contribution in [-0.4, -0.2) is 12.5 Å². The zero-order valence-electron chi connectivity index (χ0n) is 14.5. The summed E-state index contributed by atoms with van der Waals surface area (Å²) in [5.74, 6) is 0.721. The molecule has 128 valence electrons. The molecule has 4 heteroatoms. The molecule has 0 radical (unpaired) electrons. The van der Waals surface area contributed by atoms with Gasteiger partial charge in [0.1, 0.15) is 5.75 Å². The van der Waals surface area contributed by atoms with E-state index in [9.17, 15) is 4.79 Å². The van der Waals surface area contributed by atoms with Crippen molar-refractivity contribution in [1.29, 1.82) is 0 Å². The van der Waals surface area contributed by atoms with Gasteiger partial charge in [-0.2, -0.15) is 0 Å². The van der Waals surface area contributed by atoms with Crippen LogP contribution < -0.4 is 15.8 Å². The van der Waals surface area contributed by atoms with Gasteiger partial charge in [0.05, 0.1) is 12.3 Å². The number of anilines is 2. The number of benzene rings is 2. The van der Waals surface area contributed by atoms with Crippen molar-refractivity contribution < 1.29 is 9.53 Å². The summed E-state index contributed by atoms with van der Waals surface area (Å²) >= 11 is 0. The number of amides is 1. The van der Waals surface area contributed by atoms with Crippen molar-refractivity contribution in [1.82, 2.24) is 0 Å². The number of hydrogen-bond donors (Lipinski definition) is 2. The van der Waals surface area contributed by atoms with Crippen molar-refractivity contribution in [2.75, 3.05) is 17.7 Å². The van der Waals surface area contributed by atoms with E-state index in [0.29, 0.717) is 25.1 Å². The van der Waals surface area contributed by atoms with Crippen LogP contribution in [0.25, 0.3) is 0 Å². The van der Waals surface area contributed by atoms with Gasteiger partial charge in [-0.25, -0.2) is 0 Å². The standard InChI is InChI=1S/C20H26N2O2/c1-3-4-12-24-19-10-8-16(14-18(19)21)9-11-20(23)22-17-7-5-6-15(2)13-17/h5-8,10,13-14H,3-4,9,11-12,21H2,1-2H3,(H,22,23). The van der Waals surface area contributed by atoms with Gasteiger partial charge in [0.15, 0.2) is 0 Å². The molecule has 2 aromatic rings. The van der Waals surface area contributed by atoms with Gasteiger partial charge < -0.3 is 15.8 Å². The lowest BCUT2D eigenvalue weighted by molar-refractivity contribution is -0.116. The third-order valence-corrected chi connectivity index (χ3v) is 3.77. The molecule has 2 rings (SSSR count). The molecule has 0 aliphatic heterocycles. The van der Waals surface area contributed by atoms with Crippen LogP contribution in [0.3, 0.4) is 0 Å². The largest absolute Gasteiger partial charge is 0.491 e. The number of unbranched alkanes of at least 4 members (excludes halogenated alkanes) is 1. The Balaban J connectivity index is 1.85. The number of hydrogen-bond acceptors (Lipinski definition) is 3. The molecule has 0 aliphatic carbocycles. The highest BCUT2D eigenvalue weighted by atomic mass is 16.5. The Bertz CT molecular complexity index is 683. The topological polar surface area (TPSA) is 64.3 Å². The number of carbonyl (C=O) groups excluding carboxylic acids is 1. The lowest BCUT2D eigenvalue weighted by Gasteiger charge is -2.10. The van der Waals surface area contributed by atoms with Crippen molar-refractivity contribution in [3.05, 3.63) is 53.6 Å². The Labute approximate surface area is 144 Å². The molecule has 1 amide bonds. The van der Waals surface area contributed by atoms with Gasteiger partial charge in [-0.1, -0.05) is 31.5 Å². The van der Waals surface area contributed by atoms with E-state index >= 15 is 0 Å². The van der Waals surface area contributed by atoms with E-state index in [1.54, 1.807) is 0 Å². The SMILES string of the molecule is CCCCOc1ccc(CCC(=O)Nc2cccc(C)c2)cc1N. The van der Waals surface area contributed by atoms with E-state index in [1.807, 2.05) is 49.4 Å². The molecule has 2 aromatic carbocycles. The number of carbonyl (C=O) groups is 1. The second kappa shape index (κ2) is 8.96. The maximum Gasteiger partial charge on any atom is 0.224 e. The van der Waals surface area contributed by atoms with Crippen LogP contribution >= 0.6 is 0 Å². The van der Waals surface area contributed by atoms with Crippen LogP contribution in [0.4, 0.5) is 11.4 Å². The van der Waals surface area contributed by atoms with Gasteiger partial charge >= 0.3 is 0 Å². The molecule has 0 unspecified atom stereocenters. The fourth-order valence-corrected chi connectivity index (χ4v) is 2.42. The van der Waals surface area contributed by atoms with Gasteiger partial charge in [-0.15, -0.1) is 0 Å². The minimum Gasteiger partial charge on any atom is -0.491 e. The molecule has 0 saturated heterocycles. The summed E-state index contributed by atoms with van der Waals surface area (Å²) in [5.41, 5.74) is 9.65. The van der Waals surface area contributed by atoms with Crippen molar-refractivity contribution in [3.63, 3.8) is 0 Å². The number of nitrogens with one attached hydrogen (secondary N) is 1. The first-order valence-electron chi connectivity index (χ1n) is 8.46. The molecule has 4 nitrogen and oxygen atoms in total. The quantitative estimate of drug-likeness (QED) is 0.560. The maximum absolute atomic E-state index is 12.1. The van der Waals surface area contributed by atoms with E-state index in [-0.39, 0.29) is 5.91 Å². The first kappa shape index (κ1) is 17.9. The summed E-state index contributed by atoms with van der Waals surface area (Å²) < 4.78 is 5.64. The molecule has 24 heavy (non-hydrogen) atoms. The molecule has 0 saturated carbocycles. The second-order valence-electron chi connectivity index (χ2n) is 5.99. The monoisotopic (exact) mass is 326 g/mol. The zero-order valence-corrected chi connectivity index (χ0v) is 14.5. The number of aryl methyl sites for hydroxylation is 2. The minimum absolute atomic E-state index is 0.00226. The van der Waals surface area contributed by atoms with Gasteiger partial charge in [-0.05, 0) is 55.2 Å². The van der Waals surface area contributed by atoms with Crippen LogP contribution in [0.5, 0.6) is 5.75 Å². The van der Waals surface area contributed by atoms with Gasteiger partial charge in [0, 0.05) is 12.1 Å². The molecule has 3 N–H and O–H groups in total. The fourth-order valence-electron chi connectivity index (χ4n) is 2.42. The van der Waals surface area contributed by atoms with Gasteiger partial charge in [0.25, 0.3) is 0 Å². The molecular weight excluding hydrogens is 300 g/mol. The Morgan fingerprint density at radius 1 is 1.21 bits per heavy atom. The summed E-state index contributed by atoms with van der Waals surface area (Å²) in [5, 5.41) is 2.92. The van der Waals surface area contributed by atoms with E-state index in [1.165, 1.54) is 0 Å². The zero-order chi connectivity index (χ0) is 17.4. The first-order chi connectivity index (χ1) is 11.6. The Morgan fingerprint density at radius 2 is 2.04 bits per heavy atom. The Hall–Kier alpha value is -2.49. The third-order valence-electron chi connectivity index (χ3n) is 3.77. The van der Waals surface area contributed by atoms with Crippen LogP contribution in [-0.2, 0) is 11.2 Å². The van der Waals surface area contributed by atoms with Crippen LogP contribution in [0.2, 0.25) is 0 Å². The summed E-state index contributed by atoms with van der Waals surface area (Å²) in [6, 6.07) is 13.5. The first-order valence-corrected chi connectivity index (χ1v) is 8.46. The number of ether oxygens (including phenoxy) is 1. The van der Waals surface area contributed by atoms with Crippen LogP contribution in [0, 0.1) is 6.92 Å². The molecule has 0 spiro atoms. The highest BCUT2D eigenvalue weighted by Gasteiger charge is 2.06. The summed E-state index contributed by atoms with van der Waals surface area (Å²) in [4.78, 5) is 12.1. The van der Waals surface area contributed by atoms with E-state index in [4.69, 9.17) is 10.5 Å². The lowest BCUT2D eigenvalue weighted by Crippen LogP contribution is -2.12. The van der Waals surface area contributed by atoms with Crippen molar-refractivity contribution in [3.8, 4) is 5.75 Å². The second-order valence-corrected chi connectivity index (χ2v) is 5.99. The number of rotatable bonds is 8. The molecule has 0 aromatic heterocycles. The van der Waals surface area contributed by atoms with Gasteiger partial charge in [-0.3, -0.25) is 4.79 Å². The molecule has 0 bridgehead atoms. The van der Waals surface area contributed by atoms with Crippen molar-refractivity contribution in [2.45, 2.75) is 39.5 Å². The normalized spacial score (nSPS) is 10.4. The molecule has 0 atom stereocenters. The summed E-state index contributed by atoms with van der Waals surface area (Å²) in [6.07, 6.45) is 3.18. The predicted octanol–water partition coefficient (Wildman–Crippen LogP) is 4.33. The highest BCUT2D eigenvalue weighted by Crippen LogP contribution is 2.23. The highest BCUT2D eigenvalue weighted by molar-refractivity contribution is 5.90. The smallest absolute Gasteiger partial charge is 0.224 e. The van der Waals surface area contributed by atoms with Crippen molar-refractivity contribution in [2.24, 2.45) is 0 Å². The van der Waals surface area contributed by atoms with E-state index in [0.717, 1.165) is 35.4 Å². The minimum atomic E-state index is 0.00226.